The van der Waals surface area contributed by atoms with Gasteiger partial charge in [-0.05, 0) is 44.1 Å². The highest BCUT2D eigenvalue weighted by molar-refractivity contribution is 7.15. The van der Waals surface area contributed by atoms with E-state index in [0.717, 1.165) is 43.8 Å². The van der Waals surface area contributed by atoms with E-state index in [0.29, 0.717) is 30.3 Å². The van der Waals surface area contributed by atoms with Crippen molar-refractivity contribution in [1.82, 2.24) is 25.3 Å². The van der Waals surface area contributed by atoms with Crippen molar-refractivity contribution in [1.29, 1.82) is 0 Å². The quantitative estimate of drug-likeness (QED) is 0.557. The summed E-state index contributed by atoms with van der Waals surface area (Å²) in [5.74, 6) is -1.05. The van der Waals surface area contributed by atoms with Gasteiger partial charge < -0.3 is 20.4 Å². The summed E-state index contributed by atoms with van der Waals surface area (Å²) in [6.45, 7) is 8.35. The zero-order valence-corrected chi connectivity index (χ0v) is 20.4. The summed E-state index contributed by atoms with van der Waals surface area (Å²) in [6, 6.07) is 6.75. The number of halogens is 1. The average Bonchev–Trinajstić information content (AvgIpc) is 3.32. The van der Waals surface area contributed by atoms with Crippen LogP contribution in [0.3, 0.4) is 0 Å². The second-order valence-corrected chi connectivity index (χ2v) is 9.20. The third-order valence-electron chi connectivity index (χ3n) is 5.59. The second kappa shape index (κ2) is 12.1. The van der Waals surface area contributed by atoms with E-state index in [1.807, 2.05) is 0 Å². The summed E-state index contributed by atoms with van der Waals surface area (Å²) >= 11 is 6.87. The van der Waals surface area contributed by atoms with Crippen molar-refractivity contribution in [2.24, 2.45) is 5.92 Å². The van der Waals surface area contributed by atoms with Gasteiger partial charge in [-0.1, -0.05) is 42.9 Å². The highest BCUT2D eigenvalue weighted by Gasteiger charge is 2.30. The van der Waals surface area contributed by atoms with Crippen molar-refractivity contribution in [3.8, 4) is 0 Å². The first-order chi connectivity index (χ1) is 15.9. The Morgan fingerprint density at radius 1 is 1.21 bits per heavy atom. The fourth-order valence-electron chi connectivity index (χ4n) is 3.68. The van der Waals surface area contributed by atoms with Gasteiger partial charge in [0.15, 0.2) is 0 Å². The molecule has 9 nitrogen and oxygen atoms in total. The monoisotopic (exact) mass is 492 g/mol. The van der Waals surface area contributed by atoms with E-state index >= 15 is 0 Å². The van der Waals surface area contributed by atoms with Crippen molar-refractivity contribution in [3.63, 3.8) is 0 Å². The molecule has 1 aliphatic heterocycles. The molecule has 1 fully saturated rings. The van der Waals surface area contributed by atoms with E-state index in [1.54, 1.807) is 29.2 Å². The van der Waals surface area contributed by atoms with Gasteiger partial charge in [0.05, 0.1) is 5.92 Å². The van der Waals surface area contributed by atoms with Crippen LogP contribution in [0.2, 0.25) is 5.02 Å². The minimum atomic E-state index is -0.460. The first-order valence-corrected chi connectivity index (χ1v) is 12.3. The van der Waals surface area contributed by atoms with Crippen LogP contribution in [0.25, 0.3) is 0 Å². The van der Waals surface area contributed by atoms with Crippen LogP contribution in [0.4, 0.5) is 5.69 Å². The van der Waals surface area contributed by atoms with Crippen LogP contribution in [0.15, 0.2) is 24.3 Å². The molecule has 3 rings (SSSR count). The van der Waals surface area contributed by atoms with Gasteiger partial charge in [-0.15, -0.1) is 10.2 Å². The first-order valence-electron chi connectivity index (χ1n) is 11.1. The second-order valence-electron chi connectivity index (χ2n) is 7.79. The number of piperidine rings is 1. The first kappa shape index (κ1) is 25.1. The molecule has 1 aliphatic rings. The lowest BCUT2D eigenvalue weighted by Gasteiger charge is -2.31. The van der Waals surface area contributed by atoms with E-state index in [4.69, 9.17) is 11.6 Å². The van der Waals surface area contributed by atoms with Gasteiger partial charge in [-0.2, -0.15) is 0 Å². The van der Waals surface area contributed by atoms with E-state index in [-0.39, 0.29) is 27.7 Å². The Morgan fingerprint density at radius 3 is 2.70 bits per heavy atom. The lowest BCUT2D eigenvalue weighted by molar-refractivity contribution is -0.126. The number of carbonyl (C=O) groups excluding carboxylic acids is 3. The fraction of sp³-hybridized carbons (Fsp3) is 0.500. The van der Waals surface area contributed by atoms with Crippen LogP contribution in [0.5, 0.6) is 0 Å². The number of nitrogens with zero attached hydrogens (tertiary/aromatic N) is 4. The average molecular weight is 493 g/mol. The molecule has 0 spiro atoms. The topological polar surface area (TPSA) is 108 Å². The molecule has 2 N–H and O–H groups in total. The van der Waals surface area contributed by atoms with Crippen molar-refractivity contribution in [2.45, 2.75) is 26.7 Å². The number of likely N-dealkylation sites (N-methyl/N-ethyl adjacent to an activating group) is 1. The molecule has 1 atom stereocenters. The molecule has 0 aliphatic carbocycles. The fourth-order valence-corrected chi connectivity index (χ4v) is 4.58. The molecular weight excluding hydrogens is 464 g/mol. The molecular formula is C22H29ClN6O3S. The molecule has 33 heavy (non-hydrogen) atoms. The van der Waals surface area contributed by atoms with E-state index in [9.17, 15) is 14.4 Å². The molecule has 2 heterocycles. The maximum absolute atomic E-state index is 12.9. The van der Waals surface area contributed by atoms with Crippen LogP contribution < -0.4 is 10.6 Å². The van der Waals surface area contributed by atoms with E-state index < -0.39 is 5.91 Å². The Hall–Kier alpha value is -2.56. The smallest absolute Gasteiger partial charge is 0.286 e. The zero-order chi connectivity index (χ0) is 23.8. The Bertz CT molecular complexity index is 981. The lowest BCUT2D eigenvalue weighted by Crippen LogP contribution is -2.46. The van der Waals surface area contributed by atoms with Crippen LogP contribution in [0.1, 0.15) is 46.3 Å². The van der Waals surface area contributed by atoms with E-state index in [1.165, 1.54) is 0 Å². The number of nitrogens with one attached hydrogen (secondary N) is 2. The molecule has 0 unspecified atom stereocenters. The zero-order valence-electron chi connectivity index (χ0n) is 18.8. The van der Waals surface area contributed by atoms with Gasteiger partial charge in [0, 0.05) is 36.9 Å². The van der Waals surface area contributed by atoms with Crippen molar-refractivity contribution >= 4 is 46.3 Å². The Morgan fingerprint density at radius 2 is 1.97 bits per heavy atom. The van der Waals surface area contributed by atoms with Gasteiger partial charge in [0.2, 0.25) is 15.9 Å². The molecule has 0 radical (unpaired) electrons. The number of hydrogen-bond donors (Lipinski definition) is 2. The number of benzene rings is 1. The maximum Gasteiger partial charge on any atom is 0.286 e. The molecule has 3 amide bonds. The number of amides is 3. The predicted octanol–water partition coefficient (Wildman–Crippen LogP) is 2.75. The normalized spacial score (nSPS) is 16.0. The van der Waals surface area contributed by atoms with Crippen LogP contribution in [-0.2, 0) is 4.79 Å². The Balaban J connectivity index is 1.54. The standard InChI is InChI=1S/C22H29ClN6O3S/c1-3-28(4-2)12-10-24-18(30)15-7-6-11-29(14-15)22(32)21-27-26-20(33-21)19(31)25-17-9-5-8-16(23)13-17/h5,8-9,13,15H,3-4,6-7,10-12,14H2,1-2H3,(H,24,30)(H,25,31)/t15-/m0/s1. The lowest BCUT2D eigenvalue weighted by atomic mass is 9.97. The number of hydrogen-bond acceptors (Lipinski definition) is 7. The van der Waals surface area contributed by atoms with Crippen LogP contribution in [-0.4, -0.2) is 77.0 Å². The maximum atomic E-state index is 12.9. The number of likely N-dealkylation sites (tertiary alicyclic amines) is 1. The summed E-state index contributed by atoms with van der Waals surface area (Å²) in [4.78, 5) is 41.8. The highest BCUT2D eigenvalue weighted by Crippen LogP contribution is 2.21. The SMILES string of the molecule is CCN(CC)CCNC(=O)[C@H]1CCCN(C(=O)c2nnc(C(=O)Nc3cccc(Cl)c3)s2)C1. The minimum Gasteiger partial charge on any atom is -0.355 e. The van der Waals surface area contributed by atoms with Gasteiger partial charge in [-0.25, -0.2) is 0 Å². The third-order valence-corrected chi connectivity index (χ3v) is 6.73. The minimum absolute atomic E-state index is 0.0292. The molecule has 178 valence electrons. The van der Waals surface area contributed by atoms with Crippen molar-refractivity contribution < 1.29 is 14.4 Å². The number of rotatable bonds is 9. The van der Waals surface area contributed by atoms with Crippen molar-refractivity contribution in [3.05, 3.63) is 39.3 Å². The Labute approximate surface area is 202 Å². The van der Waals surface area contributed by atoms with Gasteiger partial charge in [0.25, 0.3) is 11.8 Å². The number of anilines is 1. The summed E-state index contributed by atoms with van der Waals surface area (Å²) in [5, 5.41) is 14.2. The summed E-state index contributed by atoms with van der Waals surface area (Å²) in [6.07, 6.45) is 1.48. The van der Waals surface area contributed by atoms with Crippen LogP contribution in [0, 0.1) is 5.92 Å². The van der Waals surface area contributed by atoms with E-state index in [2.05, 4.69) is 39.6 Å². The molecule has 1 aromatic carbocycles. The summed E-state index contributed by atoms with van der Waals surface area (Å²) in [7, 11) is 0. The Kier molecular flexibility index (Phi) is 9.16. The van der Waals surface area contributed by atoms with Crippen molar-refractivity contribution in [2.75, 3.05) is 44.6 Å². The van der Waals surface area contributed by atoms with Crippen LogP contribution >= 0.6 is 22.9 Å². The predicted molar refractivity (Wildman–Crippen MR) is 129 cm³/mol. The largest absolute Gasteiger partial charge is 0.355 e. The molecule has 2 aromatic rings. The van der Waals surface area contributed by atoms with Gasteiger partial charge in [-0.3, -0.25) is 14.4 Å². The summed E-state index contributed by atoms with van der Waals surface area (Å²) in [5.41, 5.74) is 0.529. The number of carbonyl (C=O) groups is 3. The molecule has 0 bridgehead atoms. The van der Waals surface area contributed by atoms with Gasteiger partial charge in [0.1, 0.15) is 0 Å². The third kappa shape index (κ3) is 6.96. The molecule has 0 saturated carbocycles. The molecule has 11 heteroatoms. The highest BCUT2D eigenvalue weighted by atomic mass is 35.5. The van der Waals surface area contributed by atoms with Gasteiger partial charge >= 0.3 is 0 Å². The molecule has 1 aromatic heterocycles. The molecule has 1 saturated heterocycles. The summed E-state index contributed by atoms with van der Waals surface area (Å²) < 4.78 is 0. The number of aromatic nitrogens is 2.